The van der Waals surface area contributed by atoms with Gasteiger partial charge in [0.15, 0.2) is 0 Å². The zero-order valence-corrected chi connectivity index (χ0v) is 11.5. The average Bonchev–Trinajstić information content (AvgIpc) is 2.86. The van der Waals surface area contributed by atoms with Gasteiger partial charge in [-0.1, -0.05) is 30.5 Å². The maximum Gasteiger partial charge on any atom is 0.416 e. The molecule has 0 aliphatic heterocycles. The van der Waals surface area contributed by atoms with Crippen LogP contribution in [0.3, 0.4) is 0 Å². The molecule has 0 saturated heterocycles. The molecule has 0 bridgehead atoms. The van der Waals surface area contributed by atoms with Crippen LogP contribution in [0.25, 0.3) is 0 Å². The Labute approximate surface area is 117 Å². The Kier molecular flexibility index (Phi) is 3.89. The molecule has 0 radical (unpaired) electrons. The Morgan fingerprint density at radius 3 is 2.30 bits per heavy atom. The fourth-order valence-electron chi connectivity index (χ4n) is 1.67. The van der Waals surface area contributed by atoms with Gasteiger partial charge < -0.3 is 0 Å². The minimum Gasteiger partial charge on any atom is -0.288 e. The van der Waals surface area contributed by atoms with Gasteiger partial charge in [-0.15, -0.1) is 5.10 Å². The van der Waals surface area contributed by atoms with E-state index in [0.717, 1.165) is 23.7 Å². The van der Waals surface area contributed by atoms with Crippen molar-refractivity contribution >= 4 is 17.3 Å². The third-order valence-electron chi connectivity index (χ3n) is 2.74. The number of hydrogen-bond donors (Lipinski definition) is 0. The molecule has 2 rings (SSSR count). The predicted octanol–water partition coefficient (Wildman–Crippen LogP) is 3.91. The van der Waals surface area contributed by atoms with Crippen molar-refractivity contribution in [3.05, 3.63) is 46.0 Å². The lowest BCUT2D eigenvalue weighted by Gasteiger charge is -2.07. The van der Waals surface area contributed by atoms with Gasteiger partial charge >= 0.3 is 6.18 Å². The van der Waals surface area contributed by atoms with E-state index in [2.05, 4.69) is 9.59 Å². The molecule has 7 heteroatoms. The van der Waals surface area contributed by atoms with Crippen molar-refractivity contribution in [2.75, 3.05) is 0 Å². The number of nitrogens with zero attached hydrogens (tertiary/aromatic N) is 2. The summed E-state index contributed by atoms with van der Waals surface area (Å²) < 4.78 is 41.1. The molecule has 3 nitrogen and oxygen atoms in total. The second kappa shape index (κ2) is 5.32. The summed E-state index contributed by atoms with van der Waals surface area (Å²) in [4.78, 5) is 12.6. The van der Waals surface area contributed by atoms with Gasteiger partial charge in [0, 0.05) is 5.56 Å². The van der Waals surface area contributed by atoms with Gasteiger partial charge in [0.2, 0.25) is 5.78 Å². The lowest BCUT2D eigenvalue weighted by molar-refractivity contribution is -0.137. The zero-order chi connectivity index (χ0) is 14.9. The Balaban J connectivity index is 2.32. The lowest BCUT2D eigenvalue weighted by atomic mass is 10.0. The maximum atomic E-state index is 12.5. The van der Waals surface area contributed by atoms with Crippen LogP contribution in [-0.4, -0.2) is 15.4 Å². The van der Waals surface area contributed by atoms with Gasteiger partial charge in [-0.05, 0) is 29.6 Å². The highest BCUT2D eigenvalue weighted by atomic mass is 32.1. The molecule has 1 aromatic carbocycles. The van der Waals surface area contributed by atoms with Crippen molar-refractivity contribution in [2.45, 2.75) is 25.9 Å². The van der Waals surface area contributed by atoms with Crippen LogP contribution in [0.4, 0.5) is 13.2 Å². The minimum absolute atomic E-state index is 0.0298. The SMILES string of the molecule is CC(C)c1nnsc1C(=O)c1ccc(C(F)(F)F)cc1. The quantitative estimate of drug-likeness (QED) is 0.807. The summed E-state index contributed by atoms with van der Waals surface area (Å²) in [6, 6.07) is 4.15. The molecule has 0 aliphatic carbocycles. The average molecular weight is 300 g/mol. The molecule has 1 heterocycles. The molecule has 106 valence electrons. The number of ketones is 1. The number of hydrogen-bond acceptors (Lipinski definition) is 4. The van der Waals surface area contributed by atoms with Gasteiger partial charge in [-0.3, -0.25) is 4.79 Å². The molecular weight excluding hydrogens is 289 g/mol. The first-order valence-electron chi connectivity index (χ1n) is 5.85. The van der Waals surface area contributed by atoms with Crippen molar-refractivity contribution in [1.82, 2.24) is 9.59 Å². The van der Waals surface area contributed by atoms with Crippen molar-refractivity contribution in [3.8, 4) is 0 Å². The molecule has 0 amide bonds. The molecule has 0 N–H and O–H groups in total. The van der Waals surface area contributed by atoms with Crippen molar-refractivity contribution in [3.63, 3.8) is 0 Å². The first-order valence-corrected chi connectivity index (χ1v) is 6.62. The standard InChI is InChI=1S/C13H11F3N2OS/c1-7(2)10-12(20-18-17-10)11(19)8-3-5-9(6-4-8)13(14,15)16/h3-7H,1-2H3. The number of alkyl halides is 3. The van der Waals surface area contributed by atoms with Crippen LogP contribution in [0.5, 0.6) is 0 Å². The van der Waals surface area contributed by atoms with Crippen LogP contribution in [-0.2, 0) is 6.18 Å². The van der Waals surface area contributed by atoms with Crippen LogP contribution in [0.1, 0.15) is 46.3 Å². The summed E-state index contributed by atoms with van der Waals surface area (Å²) in [6.07, 6.45) is -4.41. The Hall–Kier alpha value is -1.76. The van der Waals surface area contributed by atoms with Crippen LogP contribution < -0.4 is 0 Å². The molecule has 20 heavy (non-hydrogen) atoms. The molecule has 0 aliphatic rings. The maximum absolute atomic E-state index is 12.5. The van der Waals surface area contributed by atoms with E-state index in [-0.39, 0.29) is 17.3 Å². The molecule has 0 spiro atoms. The number of rotatable bonds is 3. The van der Waals surface area contributed by atoms with Gasteiger partial charge in [0.25, 0.3) is 0 Å². The van der Waals surface area contributed by atoms with Crippen LogP contribution in [0.2, 0.25) is 0 Å². The summed E-state index contributed by atoms with van der Waals surface area (Å²) in [7, 11) is 0. The highest BCUT2D eigenvalue weighted by Gasteiger charge is 2.30. The number of aromatic nitrogens is 2. The second-order valence-corrected chi connectivity index (χ2v) is 5.30. The predicted molar refractivity (Wildman–Crippen MR) is 68.9 cm³/mol. The number of halogens is 3. The Morgan fingerprint density at radius 1 is 1.20 bits per heavy atom. The van der Waals surface area contributed by atoms with E-state index < -0.39 is 11.7 Å². The monoisotopic (exact) mass is 300 g/mol. The fourth-order valence-corrected chi connectivity index (χ4v) is 2.46. The summed E-state index contributed by atoms with van der Waals surface area (Å²) in [5.41, 5.74) is -0.00795. The smallest absolute Gasteiger partial charge is 0.288 e. The third kappa shape index (κ3) is 2.87. The van der Waals surface area contributed by atoms with Gasteiger partial charge in [-0.25, -0.2) is 0 Å². The van der Waals surface area contributed by atoms with E-state index in [1.165, 1.54) is 12.1 Å². The lowest BCUT2D eigenvalue weighted by Crippen LogP contribution is -2.07. The third-order valence-corrected chi connectivity index (χ3v) is 3.48. The summed E-state index contributed by atoms with van der Waals surface area (Å²) in [5.74, 6) is -0.320. The van der Waals surface area contributed by atoms with Gasteiger partial charge in [0.05, 0.1) is 11.3 Å². The Morgan fingerprint density at radius 2 is 1.80 bits per heavy atom. The molecule has 0 saturated carbocycles. The summed E-state index contributed by atoms with van der Waals surface area (Å²) in [5, 5.41) is 3.89. The number of benzene rings is 1. The van der Waals surface area contributed by atoms with Gasteiger partial charge in [0.1, 0.15) is 4.88 Å². The first-order chi connectivity index (χ1) is 9.30. The van der Waals surface area contributed by atoms with Gasteiger partial charge in [-0.2, -0.15) is 13.2 Å². The topological polar surface area (TPSA) is 42.9 Å². The van der Waals surface area contributed by atoms with E-state index >= 15 is 0 Å². The normalized spacial score (nSPS) is 11.9. The fraction of sp³-hybridized carbons (Fsp3) is 0.308. The van der Waals surface area contributed by atoms with E-state index in [1.807, 2.05) is 13.8 Å². The highest BCUT2D eigenvalue weighted by Crippen LogP contribution is 2.30. The summed E-state index contributed by atoms with van der Waals surface area (Å²) >= 11 is 0.958. The van der Waals surface area contributed by atoms with Crippen LogP contribution >= 0.6 is 11.5 Å². The molecular formula is C13H11F3N2OS. The van der Waals surface area contributed by atoms with E-state index in [1.54, 1.807) is 0 Å². The van der Waals surface area contributed by atoms with Crippen molar-refractivity contribution < 1.29 is 18.0 Å². The van der Waals surface area contributed by atoms with E-state index in [0.29, 0.717) is 10.6 Å². The van der Waals surface area contributed by atoms with E-state index in [4.69, 9.17) is 0 Å². The second-order valence-electron chi connectivity index (χ2n) is 4.55. The van der Waals surface area contributed by atoms with Crippen LogP contribution in [0.15, 0.2) is 24.3 Å². The zero-order valence-electron chi connectivity index (χ0n) is 10.7. The molecule has 2 aromatic rings. The molecule has 1 aromatic heterocycles. The van der Waals surface area contributed by atoms with Crippen molar-refractivity contribution in [2.24, 2.45) is 0 Å². The number of carbonyl (C=O) groups excluding carboxylic acids is 1. The minimum atomic E-state index is -4.41. The van der Waals surface area contributed by atoms with Crippen LogP contribution in [0, 0.1) is 0 Å². The molecule has 0 unspecified atom stereocenters. The molecule has 0 atom stereocenters. The highest BCUT2D eigenvalue weighted by molar-refractivity contribution is 7.08. The Bertz CT molecular complexity index is 617. The van der Waals surface area contributed by atoms with Crippen molar-refractivity contribution in [1.29, 1.82) is 0 Å². The molecule has 0 fully saturated rings. The first kappa shape index (κ1) is 14.6. The number of carbonyl (C=O) groups is 1. The van der Waals surface area contributed by atoms with E-state index in [9.17, 15) is 18.0 Å². The summed E-state index contributed by atoms with van der Waals surface area (Å²) in [6.45, 7) is 3.75. The largest absolute Gasteiger partial charge is 0.416 e.